The van der Waals surface area contributed by atoms with Gasteiger partial charge in [0.15, 0.2) is 5.82 Å². The molecule has 0 spiro atoms. The summed E-state index contributed by atoms with van der Waals surface area (Å²) >= 11 is 0. The highest BCUT2D eigenvalue weighted by Gasteiger charge is 2.45. The number of amides is 2. The summed E-state index contributed by atoms with van der Waals surface area (Å²) in [7, 11) is 1.82. The Bertz CT molecular complexity index is 870. The Morgan fingerprint density at radius 2 is 1.97 bits per heavy atom. The lowest BCUT2D eigenvalue weighted by atomic mass is 9.74. The van der Waals surface area contributed by atoms with Gasteiger partial charge < -0.3 is 14.3 Å². The molecule has 4 rings (SSSR count). The Kier molecular flexibility index (Phi) is 5.55. The first-order valence-electron chi connectivity index (χ1n) is 10.1. The molecule has 2 aromatic heterocycles. The van der Waals surface area contributed by atoms with E-state index in [2.05, 4.69) is 20.1 Å². The van der Waals surface area contributed by atoms with Crippen molar-refractivity contribution in [2.75, 3.05) is 26.7 Å². The summed E-state index contributed by atoms with van der Waals surface area (Å²) in [6.07, 6.45) is 7.42. The minimum Gasteiger partial charge on any atom is -0.345 e. The number of hydrogen-bond acceptors (Lipinski definition) is 7. The van der Waals surface area contributed by atoms with Gasteiger partial charge in [0.25, 0.3) is 0 Å². The highest BCUT2D eigenvalue weighted by atomic mass is 16.5. The summed E-state index contributed by atoms with van der Waals surface area (Å²) in [6.45, 7) is 3.61. The van der Waals surface area contributed by atoms with E-state index in [9.17, 15) is 9.59 Å². The fraction of sp³-hybridized carbons (Fsp3) is 0.600. The fourth-order valence-corrected chi connectivity index (χ4v) is 4.56. The van der Waals surface area contributed by atoms with Gasteiger partial charge in [0, 0.05) is 51.4 Å². The number of likely N-dealkylation sites (N-methyl/N-ethyl adjacent to an activating group) is 1. The monoisotopic (exact) mass is 398 g/mol. The SMILES string of the molecule is Cc1noc(C2CN(C)C(=O)[C@H]3CCN(C(=O)CCc4cncnc4)CC[C@@H]23)n1. The van der Waals surface area contributed by atoms with Gasteiger partial charge in [-0.25, -0.2) is 9.97 Å². The van der Waals surface area contributed by atoms with Gasteiger partial charge in [-0.05, 0) is 37.7 Å². The Labute approximate surface area is 169 Å². The van der Waals surface area contributed by atoms with Crippen LogP contribution >= 0.6 is 0 Å². The number of likely N-dealkylation sites (tertiary alicyclic amines) is 2. The minimum atomic E-state index is -0.119. The number of rotatable bonds is 4. The van der Waals surface area contributed by atoms with Crippen LogP contribution in [0.3, 0.4) is 0 Å². The van der Waals surface area contributed by atoms with Crippen molar-refractivity contribution in [1.29, 1.82) is 0 Å². The largest absolute Gasteiger partial charge is 0.345 e. The smallest absolute Gasteiger partial charge is 0.231 e. The Morgan fingerprint density at radius 1 is 1.21 bits per heavy atom. The lowest BCUT2D eigenvalue weighted by Gasteiger charge is -2.39. The highest BCUT2D eigenvalue weighted by Crippen LogP contribution is 2.41. The molecule has 0 aromatic carbocycles. The lowest BCUT2D eigenvalue weighted by Crippen LogP contribution is -2.47. The van der Waals surface area contributed by atoms with E-state index in [-0.39, 0.29) is 29.6 Å². The highest BCUT2D eigenvalue weighted by molar-refractivity contribution is 5.81. The standard InChI is InChI=1S/C20H26N6O3/c1-13-23-19(29-24-13)17-11-25(2)20(28)16-6-8-26(7-5-15(16)17)18(27)4-3-14-9-21-12-22-10-14/h9-10,12,15-17H,3-8,11H2,1-2H3/t15-,16+,17?/m1/s1. The first-order valence-corrected chi connectivity index (χ1v) is 10.1. The third kappa shape index (κ3) is 4.13. The van der Waals surface area contributed by atoms with Crippen LogP contribution in [0.1, 0.15) is 42.5 Å². The van der Waals surface area contributed by atoms with E-state index in [1.54, 1.807) is 24.2 Å². The predicted octanol–water partition coefficient (Wildman–Crippen LogP) is 1.21. The summed E-state index contributed by atoms with van der Waals surface area (Å²) in [4.78, 5) is 41.7. The van der Waals surface area contributed by atoms with Crippen LogP contribution in [0.4, 0.5) is 0 Å². The molecule has 2 aliphatic rings. The minimum absolute atomic E-state index is 0.0143. The topological polar surface area (TPSA) is 105 Å². The average molecular weight is 398 g/mol. The number of piperidine rings is 1. The quantitative estimate of drug-likeness (QED) is 0.762. The van der Waals surface area contributed by atoms with Gasteiger partial charge in [-0.3, -0.25) is 9.59 Å². The third-order valence-electron chi connectivity index (χ3n) is 6.09. The van der Waals surface area contributed by atoms with E-state index < -0.39 is 0 Å². The number of carbonyl (C=O) groups excluding carboxylic acids is 2. The van der Waals surface area contributed by atoms with Crippen molar-refractivity contribution < 1.29 is 14.1 Å². The third-order valence-corrected chi connectivity index (χ3v) is 6.09. The van der Waals surface area contributed by atoms with Crippen LogP contribution < -0.4 is 0 Å². The van der Waals surface area contributed by atoms with Gasteiger partial charge in [-0.2, -0.15) is 4.98 Å². The summed E-state index contributed by atoms with van der Waals surface area (Å²) in [5, 5.41) is 3.93. The molecule has 0 bridgehead atoms. The molecule has 2 saturated heterocycles. The van der Waals surface area contributed by atoms with E-state index in [4.69, 9.17) is 4.52 Å². The molecule has 9 heteroatoms. The first-order chi connectivity index (χ1) is 14.0. The Hall–Kier alpha value is -2.84. The van der Waals surface area contributed by atoms with Crippen LogP contribution in [0.2, 0.25) is 0 Å². The van der Waals surface area contributed by atoms with E-state index in [0.29, 0.717) is 50.6 Å². The van der Waals surface area contributed by atoms with Gasteiger partial charge in [-0.1, -0.05) is 5.16 Å². The second kappa shape index (κ2) is 8.26. The zero-order valence-electron chi connectivity index (χ0n) is 16.8. The fourth-order valence-electron chi connectivity index (χ4n) is 4.56. The number of aromatic nitrogens is 4. The molecule has 2 aromatic rings. The molecule has 2 aliphatic heterocycles. The Balaban J connectivity index is 1.45. The van der Waals surface area contributed by atoms with Crippen LogP contribution in [0.25, 0.3) is 0 Å². The number of nitrogens with zero attached hydrogens (tertiary/aromatic N) is 6. The number of hydrogen-bond donors (Lipinski definition) is 0. The van der Waals surface area contributed by atoms with Gasteiger partial charge >= 0.3 is 0 Å². The molecule has 0 N–H and O–H groups in total. The zero-order valence-corrected chi connectivity index (χ0v) is 16.8. The van der Waals surface area contributed by atoms with Gasteiger partial charge in [0.1, 0.15) is 6.33 Å². The van der Waals surface area contributed by atoms with Crippen LogP contribution in [0, 0.1) is 18.8 Å². The van der Waals surface area contributed by atoms with E-state index in [0.717, 1.165) is 12.0 Å². The van der Waals surface area contributed by atoms with Crippen LogP contribution in [-0.2, 0) is 16.0 Å². The van der Waals surface area contributed by atoms with Crippen molar-refractivity contribution in [2.24, 2.45) is 11.8 Å². The number of fused-ring (bicyclic) bond motifs is 1. The van der Waals surface area contributed by atoms with Crippen LogP contribution in [0.5, 0.6) is 0 Å². The van der Waals surface area contributed by atoms with Gasteiger partial charge in [0.05, 0.1) is 5.92 Å². The van der Waals surface area contributed by atoms with Crippen molar-refractivity contribution in [3.05, 3.63) is 36.0 Å². The van der Waals surface area contributed by atoms with Crippen molar-refractivity contribution >= 4 is 11.8 Å². The second-order valence-corrected chi connectivity index (χ2v) is 7.98. The first kappa shape index (κ1) is 19.5. The van der Waals surface area contributed by atoms with Crippen molar-refractivity contribution in [3.8, 4) is 0 Å². The molecule has 9 nitrogen and oxygen atoms in total. The molecule has 3 atom stereocenters. The molecule has 0 saturated carbocycles. The second-order valence-electron chi connectivity index (χ2n) is 7.98. The zero-order chi connectivity index (χ0) is 20.4. The predicted molar refractivity (Wildman–Crippen MR) is 103 cm³/mol. The molecule has 1 unspecified atom stereocenters. The molecule has 0 aliphatic carbocycles. The maximum Gasteiger partial charge on any atom is 0.231 e. The normalized spacial score (nSPS) is 24.9. The summed E-state index contributed by atoms with van der Waals surface area (Å²) in [5.74, 6) is 1.47. The van der Waals surface area contributed by atoms with Gasteiger partial charge in [0.2, 0.25) is 17.7 Å². The summed E-state index contributed by atoms with van der Waals surface area (Å²) < 4.78 is 5.45. The average Bonchev–Trinajstić information content (AvgIpc) is 3.03. The lowest BCUT2D eigenvalue weighted by molar-refractivity contribution is -0.141. The molecule has 2 amide bonds. The number of aryl methyl sites for hydroxylation is 2. The summed E-state index contributed by atoms with van der Waals surface area (Å²) in [6, 6.07) is 0. The molecule has 154 valence electrons. The summed E-state index contributed by atoms with van der Waals surface area (Å²) in [5.41, 5.74) is 0.952. The molecule has 29 heavy (non-hydrogen) atoms. The molecule has 2 fully saturated rings. The molecular weight excluding hydrogens is 372 g/mol. The van der Waals surface area contributed by atoms with E-state index in [1.807, 2.05) is 11.9 Å². The van der Waals surface area contributed by atoms with E-state index in [1.165, 1.54) is 6.33 Å². The number of carbonyl (C=O) groups is 2. The maximum absolute atomic E-state index is 12.8. The Morgan fingerprint density at radius 3 is 2.69 bits per heavy atom. The van der Waals surface area contributed by atoms with E-state index >= 15 is 0 Å². The van der Waals surface area contributed by atoms with Crippen molar-refractivity contribution in [1.82, 2.24) is 29.9 Å². The molecule has 0 radical (unpaired) electrons. The van der Waals surface area contributed by atoms with Crippen LogP contribution in [-0.4, -0.2) is 68.4 Å². The maximum atomic E-state index is 12.8. The molecular formula is C20H26N6O3. The molecule has 4 heterocycles. The van der Waals surface area contributed by atoms with Crippen molar-refractivity contribution in [2.45, 2.75) is 38.5 Å². The van der Waals surface area contributed by atoms with Gasteiger partial charge in [-0.15, -0.1) is 0 Å². The van der Waals surface area contributed by atoms with Crippen LogP contribution in [0.15, 0.2) is 23.2 Å². The van der Waals surface area contributed by atoms with Crippen molar-refractivity contribution in [3.63, 3.8) is 0 Å².